The predicted octanol–water partition coefficient (Wildman–Crippen LogP) is 4.40. The van der Waals surface area contributed by atoms with Gasteiger partial charge in [-0.25, -0.2) is 18.7 Å². The highest BCUT2D eigenvalue weighted by atomic mass is 35.5. The summed E-state index contributed by atoms with van der Waals surface area (Å²) < 4.78 is 26.4. The number of carbonyl (C=O) groups excluding carboxylic acids is 1. The van der Waals surface area contributed by atoms with Crippen LogP contribution in [0, 0.1) is 11.6 Å². The molecule has 25 heavy (non-hydrogen) atoms. The smallest absolute Gasteiger partial charge is 0.258 e. The Morgan fingerprint density at radius 1 is 1.00 bits per heavy atom. The standard InChI is InChI=1S/C17H11ClF2N4O/c18-12-3-1-2-4-14(12)24-17-21-8-10(9-22-17)16(25)23-15-6-5-11(19)7-13(15)20/h1-9H,(H,23,25)(H,21,22,24). The molecule has 0 unspecified atom stereocenters. The largest absolute Gasteiger partial charge is 0.323 e. The highest BCUT2D eigenvalue weighted by Gasteiger charge is 2.11. The van der Waals surface area contributed by atoms with Crippen molar-refractivity contribution in [2.45, 2.75) is 0 Å². The van der Waals surface area contributed by atoms with Gasteiger partial charge in [-0.3, -0.25) is 4.79 Å². The van der Waals surface area contributed by atoms with E-state index >= 15 is 0 Å². The van der Waals surface area contributed by atoms with Crippen molar-refractivity contribution >= 4 is 34.8 Å². The van der Waals surface area contributed by atoms with Gasteiger partial charge in [-0.05, 0) is 24.3 Å². The number of nitrogens with zero attached hydrogens (tertiary/aromatic N) is 2. The van der Waals surface area contributed by atoms with Crippen LogP contribution in [0.3, 0.4) is 0 Å². The second-order valence-corrected chi connectivity index (χ2v) is 5.39. The van der Waals surface area contributed by atoms with E-state index in [1.54, 1.807) is 24.3 Å². The number of amides is 1. The van der Waals surface area contributed by atoms with E-state index in [0.29, 0.717) is 16.8 Å². The summed E-state index contributed by atoms with van der Waals surface area (Å²) in [5.41, 5.74) is 0.604. The molecule has 1 heterocycles. The molecule has 5 nitrogen and oxygen atoms in total. The van der Waals surface area contributed by atoms with E-state index in [-0.39, 0.29) is 17.2 Å². The molecule has 1 amide bonds. The number of anilines is 3. The lowest BCUT2D eigenvalue weighted by atomic mass is 10.2. The van der Waals surface area contributed by atoms with Gasteiger partial charge in [-0.1, -0.05) is 23.7 Å². The van der Waals surface area contributed by atoms with Gasteiger partial charge in [0.15, 0.2) is 0 Å². The lowest BCUT2D eigenvalue weighted by Crippen LogP contribution is -2.14. The molecule has 0 spiro atoms. The van der Waals surface area contributed by atoms with Crippen LogP contribution >= 0.6 is 11.6 Å². The number of para-hydroxylation sites is 1. The first-order valence-electron chi connectivity index (χ1n) is 7.13. The second-order valence-electron chi connectivity index (χ2n) is 4.98. The first-order valence-corrected chi connectivity index (χ1v) is 7.51. The Balaban J connectivity index is 1.71. The average molecular weight is 361 g/mol. The Labute approximate surface area is 146 Å². The van der Waals surface area contributed by atoms with Crippen LogP contribution < -0.4 is 10.6 Å². The topological polar surface area (TPSA) is 66.9 Å². The van der Waals surface area contributed by atoms with E-state index in [1.807, 2.05) is 0 Å². The molecule has 1 aromatic heterocycles. The minimum atomic E-state index is -0.869. The van der Waals surface area contributed by atoms with Gasteiger partial charge in [-0.2, -0.15) is 0 Å². The zero-order valence-corrected chi connectivity index (χ0v) is 13.4. The fraction of sp³-hybridized carbons (Fsp3) is 0. The van der Waals surface area contributed by atoms with Crippen LogP contribution in [0.4, 0.5) is 26.1 Å². The van der Waals surface area contributed by atoms with Crippen LogP contribution in [0.2, 0.25) is 5.02 Å². The minimum absolute atomic E-state index is 0.119. The number of rotatable bonds is 4. The van der Waals surface area contributed by atoms with Crippen molar-refractivity contribution in [1.82, 2.24) is 9.97 Å². The highest BCUT2D eigenvalue weighted by Crippen LogP contribution is 2.23. The van der Waals surface area contributed by atoms with Crippen molar-refractivity contribution < 1.29 is 13.6 Å². The van der Waals surface area contributed by atoms with Crippen molar-refractivity contribution in [1.29, 1.82) is 0 Å². The van der Waals surface area contributed by atoms with Gasteiger partial charge >= 0.3 is 0 Å². The van der Waals surface area contributed by atoms with Crippen LogP contribution in [0.25, 0.3) is 0 Å². The summed E-state index contributed by atoms with van der Waals surface area (Å²) in [6, 6.07) is 9.92. The van der Waals surface area contributed by atoms with Crippen molar-refractivity contribution in [3.8, 4) is 0 Å². The van der Waals surface area contributed by atoms with Gasteiger partial charge in [-0.15, -0.1) is 0 Å². The number of halogens is 3. The lowest BCUT2D eigenvalue weighted by molar-refractivity contribution is 0.102. The van der Waals surface area contributed by atoms with E-state index in [4.69, 9.17) is 11.6 Å². The van der Waals surface area contributed by atoms with E-state index in [9.17, 15) is 13.6 Å². The molecule has 0 saturated heterocycles. The Bertz CT molecular complexity index is 919. The molecule has 3 aromatic rings. The molecule has 0 bridgehead atoms. The third-order valence-electron chi connectivity index (χ3n) is 3.21. The number of hydrogen-bond acceptors (Lipinski definition) is 4. The third kappa shape index (κ3) is 4.07. The minimum Gasteiger partial charge on any atom is -0.323 e. The summed E-state index contributed by atoms with van der Waals surface area (Å²) in [4.78, 5) is 20.1. The highest BCUT2D eigenvalue weighted by molar-refractivity contribution is 6.33. The maximum Gasteiger partial charge on any atom is 0.258 e. The quantitative estimate of drug-likeness (QED) is 0.723. The van der Waals surface area contributed by atoms with Gasteiger partial charge < -0.3 is 10.6 Å². The van der Waals surface area contributed by atoms with Crippen LogP contribution in [-0.4, -0.2) is 15.9 Å². The predicted molar refractivity (Wildman–Crippen MR) is 91.1 cm³/mol. The van der Waals surface area contributed by atoms with E-state index < -0.39 is 17.5 Å². The van der Waals surface area contributed by atoms with E-state index in [0.717, 1.165) is 12.1 Å². The van der Waals surface area contributed by atoms with E-state index in [2.05, 4.69) is 20.6 Å². The molecule has 0 fully saturated rings. The fourth-order valence-corrected chi connectivity index (χ4v) is 2.16. The van der Waals surface area contributed by atoms with Crippen molar-refractivity contribution in [3.63, 3.8) is 0 Å². The van der Waals surface area contributed by atoms with Gasteiger partial charge in [0.25, 0.3) is 5.91 Å². The summed E-state index contributed by atoms with van der Waals surface area (Å²) >= 11 is 6.03. The molecule has 2 N–H and O–H groups in total. The molecule has 8 heteroatoms. The summed E-state index contributed by atoms with van der Waals surface area (Å²) in [7, 11) is 0. The molecular weight excluding hydrogens is 350 g/mol. The summed E-state index contributed by atoms with van der Waals surface area (Å²) in [5.74, 6) is -1.97. The zero-order chi connectivity index (χ0) is 17.8. The van der Waals surface area contributed by atoms with Crippen LogP contribution in [-0.2, 0) is 0 Å². The third-order valence-corrected chi connectivity index (χ3v) is 3.54. The van der Waals surface area contributed by atoms with Gasteiger partial charge in [0.05, 0.1) is 22.0 Å². The number of carbonyl (C=O) groups is 1. The average Bonchev–Trinajstić information content (AvgIpc) is 2.60. The number of benzene rings is 2. The van der Waals surface area contributed by atoms with Crippen molar-refractivity contribution in [2.75, 3.05) is 10.6 Å². The van der Waals surface area contributed by atoms with Crippen molar-refractivity contribution in [3.05, 3.63) is 77.1 Å². The number of hydrogen-bond donors (Lipinski definition) is 2. The SMILES string of the molecule is O=C(Nc1ccc(F)cc1F)c1cnc(Nc2ccccc2Cl)nc1. The molecule has 126 valence electrons. The molecule has 2 aromatic carbocycles. The number of nitrogens with one attached hydrogen (secondary N) is 2. The monoisotopic (exact) mass is 360 g/mol. The zero-order valence-electron chi connectivity index (χ0n) is 12.6. The molecule has 0 aliphatic rings. The van der Waals surface area contributed by atoms with Crippen LogP contribution in [0.1, 0.15) is 10.4 Å². The lowest BCUT2D eigenvalue weighted by Gasteiger charge is -2.08. The summed E-state index contributed by atoms with van der Waals surface area (Å²) in [6.45, 7) is 0. The van der Waals surface area contributed by atoms with Crippen LogP contribution in [0.15, 0.2) is 54.9 Å². The Hall–Kier alpha value is -3.06. The van der Waals surface area contributed by atoms with Gasteiger partial charge in [0.2, 0.25) is 5.95 Å². The molecule has 0 saturated carbocycles. The summed E-state index contributed by atoms with van der Waals surface area (Å²) in [6.07, 6.45) is 2.56. The second kappa shape index (κ2) is 7.23. The van der Waals surface area contributed by atoms with Crippen LogP contribution in [0.5, 0.6) is 0 Å². The Morgan fingerprint density at radius 2 is 1.72 bits per heavy atom. The Kier molecular flexibility index (Phi) is 4.85. The van der Waals surface area contributed by atoms with Gasteiger partial charge in [0, 0.05) is 18.5 Å². The molecule has 0 aliphatic carbocycles. The van der Waals surface area contributed by atoms with Crippen molar-refractivity contribution in [2.24, 2.45) is 0 Å². The number of aromatic nitrogens is 2. The normalized spacial score (nSPS) is 10.4. The Morgan fingerprint density at radius 3 is 2.40 bits per heavy atom. The first-order chi connectivity index (χ1) is 12.0. The molecule has 3 rings (SSSR count). The summed E-state index contributed by atoms with van der Waals surface area (Å²) in [5, 5.41) is 5.75. The molecule has 0 aliphatic heterocycles. The molecular formula is C17H11ClF2N4O. The molecule has 0 radical (unpaired) electrons. The maximum absolute atomic E-state index is 13.6. The maximum atomic E-state index is 13.6. The fourth-order valence-electron chi connectivity index (χ4n) is 1.98. The molecule has 0 atom stereocenters. The van der Waals surface area contributed by atoms with E-state index in [1.165, 1.54) is 12.4 Å². The van der Waals surface area contributed by atoms with Gasteiger partial charge in [0.1, 0.15) is 11.6 Å². The first kappa shape index (κ1) is 16.8.